The first-order chi connectivity index (χ1) is 9.81. The van der Waals surface area contributed by atoms with E-state index in [9.17, 15) is 9.70 Å². The van der Waals surface area contributed by atoms with E-state index in [0.717, 1.165) is 5.56 Å². The molecule has 3 rings (SSSR count). The third-order valence-corrected chi connectivity index (χ3v) is 3.07. The van der Waals surface area contributed by atoms with Crippen molar-refractivity contribution in [1.82, 2.24) is 9.78 Å². The van der Waals surface area contributed by atoms with Crippen LogP contribution in [0.15, 0.2) is 65.5 Å². The first-order valence-corrected chi connectivity index (χ1v) is 6.15. The maximum Gasteiger partial charge on any atom is 0.348 e. The van der Waals surface area contributed by atoms with Crippen LogP contribution in [-0.4, -0.2) is 9.78 Å². The van der Waals surface area contributed by atoms with Crippen LogP contribution in [0.3, 0.4) is 0 Å². The van der Waals surface area contributed by atoms with E-state index in [1.165, 1.54) is 4.68 Å². The van der Waals surface area contributed by atoms with Crippen molar-refractivity contribution in [1.29, 1.82) is 0 Å². The summed E-state index contributed by atoms with van der Waals surface area (Å²) in [7, 11) is 0. The number of para-hydroxylation sites is 1. The Labute approximate surface area is 114 Å². The lowest BCUT2D eigenvalue weighted by molar-refractivity contribution is -0.379. The van der Waals surface area contributed by atoms with Gasteiger partial charge in [0.2, 0.25) is 0 Å². The van der Waals surface area contributed by atoms with Crippen molar-refractivity contribution in [3.63, 3.8) is 0 Å². The van der Waals surface area contributed by atoms with Crippen LogP contribution in [0.4, 0.5) is 5.69 Å². The van der Waals surface area contributed by atoms with E-state index in [0.29, 0.717) is 11.4 Å². The van der Waals surface area contributed by atoms with Crippen molar-refractivity contribution < 1.29 is 5.18 Å². The standard InChI is InChI=1S/C15H11N3O2/c19-15-14(17-20)13(11-7-3-1-4-8-11)16-18(15)12-9-5-2-6-10-12/h1-10,16H/p+1. The van der Waals surface area contributed by atoms with E-state index >= 15 is 0 Å². The first-order valence-electron chi connectivity index (χ1n) is 6.15. The minimum Gasteiger partial charge on any atom is -0.284 e. The van der Waals surface area contributed by atoms with Gasteiger partial charge in [-0.05, 0) is 12.1 Å². The highest BCUT2D eigenvalue weighted by molar-refractivity contribution is 5.68. The minimum absolute atomic E-state index is 0.0139. The van der Waals surface area contributed by atoms with Crippen molar-refractivity contribution in [3.05, 3.63) is 75.9 Å². The summed E-state index contributed by atoms with van der Waals surface area (Å²) < 4.78 is 1.35. The molecule has 0 radical (unpaired) electrons. The lowest BCUT2D eigenvalue weighted by atomic mass is 10.1. The summed E-state index contributed by atoms with van der Waals surface area (Å²) in [6, 6.07) is 18.3. The molecule has 5 heteroatoms. The fraction of sp³-hybridized carbons (Fsp3) is 0. The van der Waals surface area contributed by atoms with Crippen LogP contribution in [0.5, 0.6) is 0 Å². The molecule has 5 nitrogen and oxygen atoms in total. The van der Waals surface area contributed by atoms with E-state index in [2.05, 4.69) is 5.10 Å². The Morgan fingerprint density at radius 2 is 1.50 bits per heavy atom. The molecule has 0 amide bonds. The molecule has 0 bridgehead atoms. The van der Waals surface area contributed by atoms with Gasteiger partial charge < -0.3 is 0 Å². The average molecular weight is 266 g/mol. The molecule has 1 heterocycles. The number of aromatic nitrogens is 2. The maximum absolute atomic E-state index is 12.3. The zero-order valence-electron chi connectivity index (χ0n) is 10.5. The van der Waals surface area contributed by atoms with Crippen LogP contribution in [0.1, 0.15) is 0 Å². The second-order valence-electron chi connectivity index (χ2n) is 4.31. The van der Waals surface area contributed by atoms with Crippen molar-refractivity contribution in [2.45, 2.75) is 0 Å². The number of aromatic amines is 1. The highest BCUT2D eigenvalue weighted by atomic mass is 16.3. The fourth-order valence-corrected chi connectivity index (χ4v) is 2.10. The molecule has 3 aromatic rings. The van der Waals surface area contributed by atoms with Crippen LogP contribution < -0.4 is 10.7 Å². The predicted molar refractivity (Wildman–Crippen MR) is 75.8 cm³/mol. The van der Waals surface area contributed by atoms with Crippen LogP contribution in [0, 0.1) is 4.91 Å². The summed E-state index contributed by atoms with van der Waals surface area (Å²) in [4.78, 5) is 23.4. The third kappa shape index (κ3) is 1.95. The van der Waals surface area contributed by atoms with Crippen molar-refractivity contribution in [2.24, 2.45) is 0 Å². The van der Waals surface area contributed by atoms with Crippen molar-refractivity contribution in [3.8, 4) is 16.9 Å². The summed E-state index contributed by atoms with van der Waals surface area (Å²) in [5.41, 5.74) is 1.55. The summed E-state index contributed by atoms with van der Waals surface area (Å²) in [6.07, 6.45) is 0. The van der Waals surface area contributed by atoms with Gasteiger partial charge in [0.15, 0.2) is 0 Å². The molecule has 0 aliphatic carbocycles. The van der Waals surface area contributed by atoms with E-state index in [1.807, 2.05) is 48.5 Å². The third-order valence-electron chi connectivity index (χ3n) is 3.07. The monoisotopic (exact) mass is 266 g/mol. The molecule has 20 heavy (non-hydrogen) atoms. The Hall–Kier alpha value is -2.95. The lowest BCUT2D eigenvalue weighted by Gasteiger charge is -2.00. The second kappa shape index (κ2) is 4.97. The van der Waals surface area contributed by atoms with Gasteiger partial charge in [0.1, 0.15) is 5.69 Å². The maximum atomic E-state index is 12.3. The molecule has 0 unspecified atom stereocenters. The number of nitrogens with one attached hydrogen (secondary N) is 2. The fourth-order valence-electron chi connectivity index (χ4n) is 2.10. The van der Waals surface area contributed by atoms with Crippen LogP contribution in [0.25, 0.3) is 16.9 Å². The molecule has 0 fully saturated rings. The average Bonchev–Trinajstić information content (AvgIpc) is 2.86. The number of hydrogen-bond acceptors (Lipinski definition) is 2. The van der Waals surface area contributed by atoms with Crippen molar-refractivity contribution in [2.75, 3.05) is 0 Å². The molecule has 0 saturated heterocycles. The molecule has 0 atom stereocenters. The van der Waals surface area contributed by atoms with Gasteiger partial charge in [0.05, 0.1) is 5.69 Å². The minimum atomic E-state index is -0.398. The molecule has 1 aromatic heterocycles. The van der Waals surface area contributed by atoms with Crippen molar-refractivity contribution >= 4 is 5.69 Å². The molecule has 2 aromatic carbocycles. The van der Waals surface area contributed by atoms with Crippen LogP contribution in [-0.2, 0) is 0 Å². The molecular weight excluding hydrogens is 254 g/mol. The smallest absolute Gasteiger partial charge is 0.284 e. The predicted octanol–water partition coefficient (Wildman–Crippen LogP) is 1.31. The SMILES string of the molecule is O=[NH+]c1c(-c2ccccc2)[nH]n(-c2ccccc2)c1=O. The van der Waals surface area contributed by atoms with Gasteiger partial charge in [-0.25, -0.2) is 4.68 Å². The number of nitroso groups, excluding NO2 is 1. The van der Waals surface area contributed by atoms with Gasteiger partial charge in [-0.1, -0.05) is 48.5 Å². The summed E-state index contributed by atoms with van der Waals surface area (Å²) in [6.45, 7) is 0. The normalized spacial score (nSPS) is 10.4. The molecule has 2 N–H and O–H groups in total. The number of H-pyrrole nitrogens is 1. The van der Waals surface area contributed by atoms with Gasteiger partial charge in [-0.3, -0.25) is 9.89 Å². The Bertz CT molecular complexity index is 789. The van der Waals surface area contributed by atoms with Crippen LogP contribution in [0.2, 0.25) is 0 Å². The van der Waals surface area contributed by atoms with E-state index < -0.39 is 5.56 Å². The highest BCUT2D eigenvalue weighted by Crippen LogP contribution is 2.20. The Balaban J connectivity index is 2.24. The Morgan fingerprint density at radius 1 is 0.900 bits per heavy atom. The Kier molecular flexibility index (Phi) is 3.01. The highest BCUT2D eigenvalue weighted by Gasteiger charge is 2.22. The summed E-state index contributed by atoms with van der Waals surface area (Å²) in [5, 5.41) is 4.71. The number of benzene rings is 2. The number of nitrogens with zero attached hydrogens (tertiary/aromatic N) is 1. The Morgan fingerprint density at radius 3 is 2.10 bits per heavy atom. The van der Waals surface area contributed by atoms with Gasteiger partial charge >= 0.3 is 11.2 Å². The van der Waals surface area contributed by atoms with Gasteiger partial charge in [0.25, 0.3) is 0 Å². The summed E-state index contributed by atoms with van der Waals surface area (Å²) >= 11 is 0. The van der Waals surface area contributed by atoms with Crippen LogP contribution >= 0.6 is 0 Å². The summed E-state index contributed by atoms with van der Waals surface area (Å²) in [5.74, 6) is 0. The zero-order valence-corrected chi connectivity index (χ0v) is 10.5. The molecule has 0 aliphatic rings. The number of rotatable bonds is 3. The number of hydrogen-bond donors (Lipinski definition) is 2. The lowest BCUT2D eigenvalue weighted by Crippen LogP contribution is -2.59. The van der Waals surface area contributed by atoms with E-state index in [1.54, 1.807) is 17.3 Å². The quantitative estimate of drug-likeness (QED) is 0.750. The molecule has 98 valence electrons. The van der Waals surface area contributed by atoms with Gasteiger partial charge in [-0.2, -0.15) is 0 Å². The topological polar surface area (TPSA) is 68.8 Å². The second-order valence-corrected chi connectivity index (χ2v) is 4.31. The molecule has 0 aliphatic heterocycles. The molecule has 0 spiro atoms. The molecular formula is C15H12N3O2+. The van der Waals surface area contributed by atoms with Gasteiger partial charge in [0, 0.05) is 15.6 Å². The first kappa shape index (κ1) is 12.1. The molecule has 0 saturated carbocycles. The van der Waals surface area contributed by atoms with E-state index in [4.69, 9.17) is 0 Å². The largest absolute Gasteiger partial charge is 0.348 e. The van der Waals surface area contributed by atoms with Gasteiger partial charge in [-0.15, -0.1) is 0 Å². The zero-order chi connectivity index (χ0) is 13.9. The van der Waals surface area contributed by atoms with E-state index in [-0.39, 0.29) is 5.69 Å².